The van der Waals surface area contributed by atoms with Gasteiger partial charge in [0.05, 0.1) is 18.8 Å². The third-order valence-corrected chi connectivity index (χ3v) is 5.26. The van der Waals surface area contributed by atoms with Gasteiger partial charge in [-0.25, -0.2) is 14.0 Å². The Hall–Kier alpha value is -3.46. The third-order valence-electron chi connectivity index (χ3n) is 5.26. The van der Waals surface area contributed by atoms with Crippen LogP contribution >= 0.6 is 0 Å². The maximum atomic E-state index is 13.4. The van der Waals surface area contributed by atoms with Gasteiger partial charge in [-0.15, -0.1) is 0 Å². The van der Waals surface area contributed by atoms with Crippen LogP contribution in [0.25, 0.3) is 11.1 Å². The molecule has 31 heavy (non-hydrogen) atoms. The molecule has 0 spiro atoms. The van der Waals surface area contributed by atoms with Crippen LogP contribution in [0.1, 0.15) is 22.8 Å². The molecule has 0 radical (unpaired) electrons. The van der Waals surface area contributed by atoms with Crippen molar-refractivity contribution in [1.29, 1.82) is 0 Å². The molecule has 0 saturated carbocycles. The maximum Gasteiger partial charge on any atom is 0.421 e. The van der Waals surface area contributed by atoms with Crippen molar-refractivity contribution in [2.75, 3.05) is 32.8 Å². The van der Waals surface area contributed by atoms with Crippen molar-refractivity contribution in [3.8, 4) is 0 Å². The molecule has 1 aromatic heterocycles. The Morgan fingerprint density at radius 2 is 1.81 bits per heavy atom. The van der Waals surface area contributed by atoms with Gasteiger partial charge in [0.25, 0.3) is 0 Å². The number of ketones is 1. The zero-order valence-corrected chi connectivity index (χ0v) is 17.0. The molecule has 1 aliphatic rings. The van der Waals surface area contributed by atoms with Gasteiger partial charge in [0.1, 0.15) is 5.82 Å². The molecule has 162 valence electrons. The molecule has 0 atom stereocenters. The number of hydrogen-bond acceptors (Lipinski definition) is 6. The number of ether oxygens (including phenoxy) is 1. The number of carbonyl (C=O) groups is 2. The highest BCUT2D eigenvalue weighted by Gasteiger charge is 2.23. The van der Waals surface area contributed by atoms with Crippen LogP contribution in [0.3, 0.4) is 0 Å². The summed E-state index contributed by atoms with van der Waals surface area (Å²) in [5, 5.41) is 0. The molecule has 1 aliphatic heterocycles. The maximum absolute atomic E-state index is 13.4. The van der Waals surface area contributed by atoms with Crippen LogP contribution in [-0.2, 0) is 11.4 Å². The number of oxazole rings is 1. The number of halogens is 1. The number of benzene rings is 2. The summed E-state index contributed by atoms with van der Waals surface area (Å²) in [4.78, 5) is 40.6. The number of aromatic nitrogens is 1. The average molecular weight is 427 g/mol. The van der Waals surface area contributed by atoms with Gasteiger partial charge >= 0.3 is 11.8 Å². The van der Waals surface area contributed by atoms with E-state index in [1.54, 1.807) is 24.0 Å². The van der Waals surface area contributed by atoms with Crippen LogP contribution in [-0.4, -0.2) is 59.0 Å². The van der Waals surface area contributed by atoms with Crippen LogP contribution in [0, 0.1) is 5.82 Å². The summed E-state index contributed by atoms with van der Waals surface area (Å²) >= 11 is 0. The van der Waals surface area contributed by atoms with Crippen LogP contribution in [0.15, 0.2) is 51.7 Å². The van der Waals surface area contributed by atoms with Crippen molar-refractivity contribution in [3.63, 3.8) is 0 Å². The number of amides is 1. The van der Waals surface area contributed by atoms with Crippen molar-refractivity contribution in [2.24, 2.45) is 0 Å². The van der Waals surface area contributed by atoms with Crippen LogP contribution in [0.2, 0.25) is 0 Å². The highest BCUT2D eigenvalue weighted by Crippen LogP contribution is 2.19. The molecule has 0 unspecified atom stereocenters. The zero-order chi connectivity index (χ0) is 22.0. The van der Waals surface area contributed by atoms with E-state index in [2.05, 4.69) is 0 Å². The Labute approximate surface area is 177 Å². The molecule has 2 heterocycles. The first-order chi connectivity index (χ1) is 15.0. The lowest BCUT2D eigenvalue weighted by Gasteiger charge is -2.33. The summed E-state index contributed by atoms with van der Waals surface area (Å²) in [7, 11) is 0. The summed E-state index contributed by atoms with van der Waals surface area (Å²) in [6.07, 6.45) is -0.330. The summed E-state index contributed by atoms with van der Waals surface area (Å²) in [5.41, 5.74) is 1.38. The van der Waals surface area contributed by atoms with E-state index in [-0.39, 0.29) is 23.0 Å². The Bertz CT molecular complexity index is 1180. The lowest BCUT2D eigenvalue weighted by Crippen LogP contribution is -2.49. The number of carbonyl (C=O) groups excluding carboxylic acids is 2. The van der Waals surface area contributed by atoms with Crippen LogP contribution in [0.5, 0.6) is 0 Å². The molecule has 4 rings (SSSR count). The van der Waals surface area contributed by atoms with E-state index < -0.39 is 11.6 Å². The molecule has 1 saturated heterocycles. The van der Waals surface area contributed by atoms with Gasteiger partial charge in [-0.3, -0.25) is 14.3 Å². The van der Waals surface area contributed by atoms with E-state index in [4.69, 9.17) is 9.15 Å². The Kier molecular flexibility index (Phi) is 5.85. The Balaban J connectivity index is 1.50. The second-order valence-corrected chi connectivity index (χ2v) is 7.26. The van der Waals surface area contributed by atoms with Crippen LogP contribution in [0.4, 0.5) is 9.18 Å². The molecular weight excluding hydrogens is 405 g/mol. The van der Waals surface area contributed by atoms with Gasteiger partial charge in [0, 0.05) is 37.3 Å². The normalized spacial score (nSPS) is 14.7. The highest BCUT2D eigenvalue weighted by molar-refractivity contribution is 6.10. The average Bonchev–Trinajstić information content (AvgIpc) is 3.08. The van der Waals surface area contributed by atoms with E-state index in [0.29, 0.717) is 50.5 Å². The molecular formula is C22H22FN3O5. The summed E-state index contributed by atoms with van der Waals surface area (Å²) < 4.78 is 25.3. The van der Waals surface area contributed by atoms with Crippen molar-refractivity contribution in [2.45, 2.75) is 13.6 Å². The van der Waals surface area contributed by atoms with Gasteiger partial charge in [0.2, 0.25) is 0 Å². The highest BCUT2D eigenvalue weighted by atomic mass is 19.1. The van der Waals surface area contributed by atoms with Gasteiger partial charge < -0.3 is 14.1 Å². The van der Waals surface area contributed by atoms with Gasteiger partial charge in [-0.1, -0.05) is 12.1 Å². The van der Waals surface area contributed by atoms with E-state index in [1.165, 1.54) is 34.9 Å². The van der Waals surface area contributed by atoms with Crippen molar-refractivity contribution in [1.82, 2.24) is 14.4 Å². The van der Waals surface area contributed by atoms with Crippen molar-refractivity contribution in [3.05, 3.63) is 70.0 Å². The molecule has 1 fully saturated rings. The first-order valence-corrected chi connectivity index (χ1v) is 10.0. The smallest absolute Gasteiger partial charge is 0.421 e. The monoisotopic (exact) mass is 427 g/mol. The number of rotatable bonds is 5. The summed E-state index contributed by atoms with van der Waals surface area (Å²) in [5.74, 6) is -1.38. The fourth-order valence-electron chi connectivity index (χ4n) is 3.62. The standard InChI is InChI=1S/C22H22FN3O5/c1-2-30-21(28)25-10-8-24(9-11-25)14-26-18-7-6-16(13-19(18)31-22(26)29)20(27)15-4-3-5-17(23)12-15/h3-7,12-13H,2,8-11,14H2,1H3. The van der Waals surface area contributed by atoms with E-state index in [0.717, 1.165) is 0 Å². The predicted octanol–water partition coefficient (Wildman–Crippen LogP) is 2.70. The van der Waals surface area contributed by atoms with E-state index in [1.807, 2.05) is 4.90 Å². The van der Waals surface area contributed by atoms with Gasteiger partial charge in [0.15, 0.2) is 11.4 Å². The molecule has 1 amide bonds. The molecule has 0 N–H and O–H groups in total. The number of hydrogen-bond donors (Lipinski definition) is 0. The third kappa shape index (κ3) is 4.36. The first-order valence-electron chi connectivity index (χ1n) is 10.0. The predicted molar refractivity (Wildman–Crippen MR) is 110 cm³/mol. The fraction of sp³-hybridized carbons (Fsp3) is 0.318. The zero-order valence-electron chi connectivity index (χ0n) is 17.0. The van der Waals surface area contributed by atoms with Crippen molar-refractivity contribution >= 4 is 23.0 Å². The second-order valence-electron chi connectivity index (χ2n) is 7.26. The number of piperazine rings is 1. The largest absolute Gasteiger partial charge is 0.450 e. The fourth-order valence-corrected chi connectivity index (χ4v) is 3.62. The van der Waals surface area contributed by atoms with Gasteiger partial charge in [-0.2, -0.15) is 0 Å². The second kappa shape index (κ2) is 8.73. The molecule has 0 bridgehead atoms. The Morgan fingerprint density at radius 1 is 1.06 bits per heavy atom. The molecule has 0 aliphatic carbocycles. The Morgan fingerprint density at radius 3 is 2.52 bits per heavy atom. The number of fused-ring (bicyclic) bond motifs is 1. The SMILES string of the molecule is CCOC(=O)N1CCN(Cn2c(=O)oc3cc(C(=O)c4cccc(F)c4)ccc32)CC1. The minimum absolute atomic E-state index is 0.223. The first kappa shape index (κ1) is 20.8. The van der Waals surface area contributed by atoms with E-state index in [9.17, 15) is 18.8 Å². The lowest BCUT2D eigenvalue weighted by molar-refractivity contribution is 0.0705. The summed E-state index contributed by atoms with van der Waals surface area (Å²) in [6, 6.07) is 10.2. The minimum atomic E-state index is -0.529. The van der Waals surface area contributed by atoms with Gasteiger partial charge in [-0.05, 0) is 37.3 Å². The molecule has 2 aromatic carbocycles. The van der Waals surface area contributed by atoms with E-state index >= 15 is 0 Å². The quantitative estimate of drug-likeness (QED) is 0.582. The number of nitrogens with zero attached hydrogens (tertiary/aromatic N) is 3. The summed E-state index contributed by atoms with van der Waals surface area (Å²) in [6.45, 7) is 4.61. The van der Waals surface area contributed by atoms with Crippen LogP contribution < -0.4 is 5.76 Å². The minimum Gasteiger partial charge on any atom is -0.450 e. The lowest BCUT2D eigenvalue weighted by atomic mass is 10.0. The molecule has 8 nitrogen and oxygen atoms in total. The topological polar surface area (TPSA) is 85.0 Å². The molecule has 3 aromatic rings. The molecule has 9 heteroatoms. The van der Waals surface area contributed by atoms with Crippen molar-refractivity contribution < 1.29 is 23.1 Å².